The lowest BCUT2D eigenvalue weighted by atomic mass is 9.78. The van der Waals surface area contributed by atoms with E-state index in [2.05, 4.69) is 0 Å². The van der Waals surface area contributed by atoms with Crippen molar-refractivity contribution in [1.29, 1.82) is 0 Å². The normalized spacial score (nSPS) is 20.9. The van der Waals surface area contributed by atoms with Gasteiger partial charge in [0, 0.05) is 12.2 Å². The van der Waals surface area contributed by atoms with Crippen molar-refractivity contribution in [3.05, 3.63) is 51.2 Å². The molecule has 1 amide bonds. The number of ketones is 1. The molecule has 5 nitrogen and oxygen atoms in total. The number of esters is 1. The number of hydrogen-bond donors (Lipinski definition) is 0. The first-order valence-electron chi connectivity index (χ1n) is 9.89. The van der Waals surface area contributed by atoms with Gasteiger partial charge in [-0.25, -0.2) is 0 Å². The predicted molar refractivity (Wildman–Crippen MR) is 113 cm³/mol. The fourth-order valence-corrected chi connectivity index (χ4v) is 5.22. The van der Waals surface area contributed by atoms with Crippen LogP contribution in [-0.4, -0.2) is 30.8 Å². The van der Waals surface area contributed by atoms with E-state index in [0.717, 1.165) is 41.9 Å². The Morgan fingerprint density at radius 1 is 1.07 bits per heavy atom. The fourth-order valence-electron chi connectivity index (χ4n) is 4.25. The van der Waals surface area contributed by atoms with E-state index in [-0.39, 0.29) is 18.3 Å². The largest absolute Gasteiger partial charge is 0.457 e. The van der Waals surface area contributed by atoms with Gasteiger partial charge in [-0.3, -0.25) is 14.4 Å². The Morgan fingerprint density at radius 3 is 2.59 bits per heavy atom. The molecule has 0 radical (unpaired) electrons. The molecule has 1 fully saturated rings. The summed E-state index contributed by atoms with van der Waals surface area (Å²) in [6, 6.07) is 11.2. The van der Waals surface area contributed by atoms with E-state index in [1.165, 1.54) is 0 Å². The third kappa shape index (κ3) is 4.23. The van der Waals surface area contributed by atoms with E-state index in [1.807, 2.05) is 29.2 Å². The van der Waals surface area contributed by atoms with E-state index in [9.17, 15) is 14.4 Å². The third-order valence-electron chi connectivity index (χ3n) is 5.73. The maximum Gasteiger partial charge on any atom is 0.310 e. The summed E-state index contributed by atoms with van der Waals surface area (Å²) < 4.78 is 5.84. The molecule has 2 aliphatic rings. The topological polar surface area (TPSA) is 63.7 Å². The van der Waals surface area contributed by atoms with Crippen molar-refractivity contribution in [1.82, 2.24) is 0 Å². The third-order valence-corrected chi connectivity index (χ3v) is 7.00. The second-order valence-electron chi connectivity index (χ2n) is 7.50. The molecule has 0 N–H and O–H groups in total. The first-order valence-corrected chi connectivity index (χ1v) is 11.1. The molecule has 1 aliphatic heterocycles. The average molecular weight is 432 g/mol. The van der Waals surface area contributed by atoms with E-state index in [4.69, 9.17) is 16.3 Å². The van der Waals surface area contributed by atoms with Gasteiger partial charge in [0.05, 0.1) is 21.0 Å². The van der Waals surface area contributed by atoms with Crippen LogP contribution in [0.5, 0.6) is 0 Å². The van der Waals surface area contributed by atoms with E-state index in [0.29, 0.717) is 28.6 Å². The Labute approximate surface area is 178 Å². The SMILES string of the molecule is O=C(COC(=O)[C@@H]1CCCC[C@H]1C(=O)N1CCc2ccccc21)c1ccc(Cl)s1. The summed E-state index contributed by atoms with van der Waals surface area (Å²) in [5.41, 5.74) is 2.11. The number of para-hydroxylation sites is 1. The summed E-state index contributed by atoms with van der Waals surface area (Å²) in [5, 5.41) is 0. The molecule has 152 valence electrons. The smallest absolute Gasteiger partial charge is 0.310 e. The molecule has 0 bridgehead atoms. The fraction of sp³-hybridized carbons (Fsp3) is 0.409. The number of halogens is 1. The van der Waals surface area contributed by atoms with Gasteiger partial charge in [0.15, 0.2) is 6.61 Å². The molecule has 1 aliphatic carbocycles. The van der Waals surface area contributed by atoms with Gasteiger partial charge in [0.2, 0.25) is 11.7 Å². The summed E-state index contributed by atoms with van der Waals surface area (Å²) in [6.07, 6.45) is 3.92. The minimum absolute atomic E-state index is 0.00651. The molecular formula is C22H22ClNO4S. The summed E-state index contributed by atoms with van der Waals surface area (Å²) in [5.74, 6) is -1.63. The number of anilines is 1. The van der Waals surface area contributed by atoms with Crippen molar-refractivity contribution in [2.24, 2.45) is 11.8 Å². The van der Waals surface area contributed by atoms with Crippen molar-refractivity contribution < 1.29 is 19.1 Å². The zero-order valence-corrected chi connectivity index (χ0v) is 17.5. The van der Waals surface area contributed by atoms with Crippen molar-refractivity contribution in [3.63, 3.8) is 0 Å². The number of amides is 1. The van der Waals surface area contributed by atoms with E-state index < -0.39 is 17.8 Å². The highest BCUT2D eigenvalue weighted by Crippen LogP contribution is 2.36. The van der Waals surface area contributed by atoms with E-state index in [1.54, 1.807) is 12.1 Å². The standard InChI is InChI=1S/C22H22ClNO4S/c23-20-10-9-19(29-20)18(25)13-28-22(27)16-7-3-2-6-15(16)21(26)24-12-11-14-5-1-4-8-17(14)24/h1,4-5,8-10,15-16H,2-3,6-7,11-13H2/t15-,16-/m1/s1. The maximum atomic E-state index is 13.3. The molecule has 0 saturated heterocycles. The Balaban J connectivity index is 1.42. The Hall–Kier alpha value is -2.18. The summed E-state index contributed by atoms with van der Waals surface area (Å²) >= 11 is 7.02. The molecule has 2 heterocycles. The number of thiophene rings is 1. The Kier molecular flexibility index (Phi) is 6.01. The van der Waals surface area contributed by atoms with Gasteiger partial charge in [0.1, 0.15) is 0 Å². The lowest BCUT2D eigenvalue weighted by molar-refractivity contribution is -0.153. The zero-order valence-electron chi connectivity index (χ0n) is 15.9. The van der Waals surface area contributed by atoms with Crippen molar-refractivity contribution >= 4 is 46.3 Å². The van der Waals surface area contributed by atoms with Crippen LogP contribution in [0.4, 0.5) is 5.69 Å². The molecule has 1 aromatic carbocycles. The highest BCUT2D eigenvalue weighted by molar-refractivity contribution is 7.18. The lowest BCUT2D eigenvalue weighted by Gasteiger charge is -2.32. The first-order chi connectivity index (χ1) is 14.0. The van der Waals surface area contributed by atoms with Gasteiger partial charge >= 0.3 is 5.97 Å². The van der Waals surface area contributed by atoms with Gasteiger partial charge in [-0.2, -0.15) is 0 Å². The monoisotopic (exact) mass is 431 g/mol. The molecule has 7 heteroatoms. The van der Waals surface area contributed by atoms with Gasteiger partial charge in [0.25, 0.3) is 0 Å². The number of carbonyl (C=O) groups is 3. The quantitative estimate of drug-likeness (QED) is 0.515. The second kappa shape index (κ2) is 8.67. The van der Waals surface area contributed by atoms with Crippen LogP contribution in [0.3, 0.4) is 0 Å². The summed E-state index contributed by atoms with van der Waals surface area (Å²) in [4.78, 5) is 40.5. The minimum Gasteiger partial charge on any atom is -0.457 e. The van der Waals surface area contributed by atoms with Crippen LogP contribution in [0.15, 0.2) is 36.4 Å². The molecule has 0 spiro atoms. The summed E-state index contributed by atoms with van der Waals surface area (Å²) in [6.45, 7) is 0.327. The van der Waals surface area contributed by atoms with Crippen LogP contribution < -0.4 is 4.90 Å². The highest BCUT2D eigenvalue weighted by Gasteiger charge is 2.40. The molecule has 4 rings (SSSR count). The maximum absolute atomic E-state index is 13.3. The van der Waals surface area contributed by atoms with Crippen LogP contribution in [0, 0.1) is 11.8 Å². The summed E-state index contributed by atoms with van der Waals surface area (Å²) in [7, 11) is 0. The molecule has 29 heavy (non-hydrogen) atoms. The van der Waals surface area contributed by atoms with Gasteiger partial charge < -0.3 is 9.64 Å². The first kappa shape index (κ1) is 20.1. The molecule has 0 unspecified atom stereocenters. The number of nitrogens with zero attached hydrogens (tertiary/aromatic N) is 1. The van der Waals surface area contributed by atoms with Crippen molar-refractivity contribution in [3.8, 4) is 0 Å². The van der Waals surface area contributed by atoms with Gasteiger partial charge in [-0.15, -0.1) is 11.3 Å². The average Bonchev–Trinajstić information content (AvgIpc) is 3.37. The van der Waals surface area contributed by atoms with Crippen LogP contribution >= 0.6 is 22.9 Å². The number of hydrogen-bond acceptors (Lipinski definition) is 5. The minimum atomic E-state index is -0.497. The molecule has 2 aromatic rings. The number of Topliss-reactive ketones (excluding diaryl/α,β-unsaturated/α-hetero) is 1. The zero-order chi connectivity index (χ0) is 20.4. The number of carbonyl (C=O) groups excluding carboxylic acids is 3. The number of rotatable bonds is 5. The van der Waals surface area contributed by atoms with Gasteiger partial charge in [-0.05, 0) is 43.0 Å². The molecule has 1 saturated carbocycles. The predicted octanol–water partition coefficient (Wildman–Crippen LogP) is 4.52. The van der Waals surface area contributed by atoms with Gasteiger partial charge in [-0.1, -0.05) is 42.6 Å². The van der Waals surface area contributed by atoms with E-state index >= 15 is 0 Å². The highest BCUT2D eigenvalue weighted by atomic mass is 35.5. The molecular weight excluding hydrogens is 410 g/mol. The number of fused-ring (bicyclic) bond motifs is 1. The van der Waals surface area contributed by atoms with Crippen molar-refractivity contribution in [2.45, 2.75) is 32.1 Å². The van der Waals surface area contributed by atoms with Crippen LogP contribution in [-0.2, 0) is 20.7 Å². The molecule has 1 aromatic heterocycles. The Morgan fingerprint density at radius 2 is 1.83 bits per heavy atom. The number of benzene rings is 1. The van der Waals surface area contributed by atoms with Crippen molar-refractivity contribution in [2.75, 3.05) is 18.1 Å². The van der Waals surface area contributed by atoms with Crippen LogP contribution in [0.1, 0.15) is 40.9 Å². The molecule has 2 atom stereocenters. The number of ether oxygens (including phenoxy) is 1. The second-order valence-corrected chi connectivity index (χ2v) is 9.22. The van der Waals surface area contributed by atoms with Crippen LogP contribution in [0.2, 0.25) is 4.34 Å². The Bertz CT molecular complexity index is 940. The lowest BCUT2D eigenvalue weighted by Crippen LogP contribution is -2.42. The van der Waals surface area contributed by atoms with Crippen LogP contribution in [0.25, 0.3) is 0 Å².